The average molecular weight is 215 g/mol. The van der Waals surface area contributed by atoms with Gasteiger partial charge in [-0.2, -0.15) is 0 Å². The highest BCUT2D eigenvalue weighted by atomic mass is 14.4. The van der Waals surface area contributed by atoms with Crippen LogP contribution >= 0.6 is 0 Å². The van der Waals surface area contributed by atoms with Crippen LogP contribution in [0.3, 0.4) is 0 Å². The Kier molecular flexibility index (Phi) is 2.64. The molecular weight excluding hydrogens is 192 g/mol. The summed E-state index contributed by atoms with van der Waals surface area (Å²) in [7, 11) is 0. The molecule has 0 unspecified atom stereocenters. The third-order valence-corrected chi connectivity index (χ3v) is 4.21. The molecule has 87 valence electrons. The fourth-order valence-corrected chi connectivity index (χ4v) is 2.79. The van der Waals surface area contributed by atoms with E-state index in [2.05, 4.69) is 52.8 Å². The summed E-state index contributed by atoms with van der Waals surface area (Å²) in [6.07, 6.45) is 3.47. The summed E-state index contributed by atoms with van der Waals surface area (Å²) in [5.74, 6) is 0. The fourth-order valence-electron chi connectivity index (χ4n) is 2.79. The summed E-state index contributed by atoms with van der Waals surface area (Å²) in [4.78, 5) is 0. The first-order valence-corrected chi connectivity index (χ1v) is 6.30. The molecule has 16 heavy (non-hydrogen) atoms. The second-order valence-corrected chi connectivity index (χ2v) is 6.40. The zero-order valence-electron chi connectivity index (χ0n) is 11.1. The Hall–Kier alpha value is -0.780. The lowest BCUT2D eigenvalue weighted by Crippen LogP contribution is -2.33. The number of rotatable bonds is 1. The lowest BCUT2D eigenvalue weighted by molar-refractivity contribution is 0.331. The molecule has 2 rings (SSSR count). The Labute approximate surface area is 100 Å². The van der Waals surface area contributed by atoms with Crippen LogP contribution in [0.25, 0.3) is 0 Å². The second kappa shape index (κ2) is 3.61. The van der Waals surface area contributed by atoms with E-state index >= 15 is 0 Å². The van der Waals surface area contributed by atoms with Gasteiger partial charge in [-0.1, -0.05) is 45.9 Å². The molecule has 1 aliphatic carbocycles. The highest BCUT2D eigenvalue weighted by Crippen LogP contribution is 2.45. The van der Waals surface area contributed by atoms with E-state index in [0.717, 1.165) is 6.42 Å². The van der Waals surface area contributed by atoms with Gasteiger partial charge in [0.1, 0.15) is 0 Å². The molecule has 0 atom stereocenters. The standard InChI is InChI=1S/C16H23/c1-6-12-7-8-13-14(11-12)16(4,5)10-9-15(13,2)3/h7-8,11H,1,6,9-10H2,2-5H3. The lowest BCUT2D eigenvalue weighted by Gasteiger charge is -2.42. The average Bonchev–Trinajstić information content (AvgIpc) is 2.24. The molecule has 0 nitrogen and oxygen atoms in total. The maximum Gasteiger partial charge on any atom is -0.0100 e. The highest BCUT2D eigenvalue weighted by Gasteiger charge is 2.36. The van der Waals surface area contributed by atoms with Crippen LogP contribution in [0.5, 0.6) is 0 Å². The van der Waals surface area contributed by atoms with Crippen molar-refractivity contribution in [1.29, 1.82) is 0 Å². The van der Waals surface area contributed by atoms with Gasteiger partial charge in [0, 0.05) is 0 Å². The Balaban J connectivity index is 2.60. The van der Waals surface area contributed by atoms with E-state index in [1.807, 2.05) is 0 Å². The number of benzene rings is 1. The number of hydrogen-bond donors (Lipinski definition) is 0. The topological polar surface area (TPSA) is 0 Å². The van der Waals surface area contributed by atoms with Crippen molar-refractivity contribution in [1.82, 2.24) is 0 Å². The minimum Gasteiger partial charge on any atom is -0.0587 e. The van der Waals surface area contributed by atoms with Crippen LogP contribution in [0.1, 0.15) is 57.2 Å². The maximum absolute atomic E-state index is 3.99. The Morgan fingerprint density at radius 3 is 2.12 bits per heavy atom. The summed E-state index contributed by atoms with van der Waals surface area (Å²) in [5.41, 5.74) is 5.12. The largest absolute Gasteiger partial charge is 0.0587 e. The van der Waals surface area contributed by atoms with E-state index in [1.165, 1.54) is 18.4 Å². The molecule has 1 radical (unpaired) electrons. The van der Waals surface area contributed by atoms with E-state index < -0.39 is 0 Å². The Morgan fingerprint density at radius 2 is 1.56 bits per heavy atom. The van der Waals surface area contributed by atoms with E-state index in [9.17, 15) is 0 Å². The van der Waals surface area contributed by atoms with E-state index in [4.69, 9.17) is 0 Å². The molecule has 0 aromatic heterocycles. The van der Waals surface area contributed by atoms with E-state index in [0.29, 0.717) is 10.8 Å². The van der Waals surface area contributed by atoms with Gasteiger partial charge < -0.3 is 0 Å². The minimum atomic E-state index is 0.329. The third kappa shape index (κ3) is 1.79. The van der Waals surface area contributed by atoms with Crippen LogP contribution in [-0.4, -0.2) is 0 Å². The third-order valence-electron chi connectivity index (χ3n) is 4.21. The van der Waals surface area contributed by atoms with Crippen LogP contribution in [-0.2, 0) is 17.3 Å². The molecule has 0 heteroatoms. The summed E-state index contributed by atoms with van der Waals surface area (Å²) < 4.78 is 0. The Bertz CT molecular complexity index is 396. The lowest BCUT2D eigenvalue weighted by atomic mass is 9.63. The van der Waals surface area contributed by atoms with Gasteiger partial charge >= 0.3 is 0 Å². The number of hydrogen-bond acceptors (Lipinski definition) is 0. The van der Waals surface area contributed by atoms with Crippen LogP contribution < -0.4 is 0 Å². The fraction of sp³-hybridized carbons (Fsp3) is 0.562. The molecule has 0 spiro atoms. The van der Waals surface area contributed by atoms with Gasteiger partial charge in [0.25, 0.3) is 0 Å². The summed E-state index contributed by atoms with van der Waals surface area (Å²) in [6, 6.07) is 6.95. The molecule has 1 aliphatic rings. The SMILES string of the molecule is [CH2]Cc1ccc2c(c1)C(C)(C)CCC2(C)C. The molecular formula is C16H23. The molecule has 0 aliphatic heterocycles. The zero-order chi connectivity index (χ0) is 12.0. The minimum absolute atomic E-state index is 0.329. The first-order chi connectivity index (χ1) is 7.37. The second-order valence-electron chi connectivity index (χ2n) is 6.40. The molecule has 0 N–H and O–H groups in total. The first kappa shape index (κ1) is 11.7. The number of fused-ring (bicyclic) bond motifs is 1. The zero-order valence-corrected chi connectivity index (χ0v) is 11.1. The van der Waals surface area contributed by atoms with Crippen molar-refractivity contribution in [2.75, 3.05) is 0 Å². The van der Waals surface area contributed by atoms with Crippen molar-refractivity contribution in [2.24, 2.45) is 0 Å². The smallest absolute Gasteiger partial charge is 0.0100 e. The summed E-state index contributed by atoms with van der Waals surface area (Å²) >= 11 is 0. The molecule has 0 amide bonds. The normalized spacial score (nSPS) is 21.6. The van der Waals surface area contributed by atoms with Gasteiger partial charge in [-0.05, 0) is 53.7 Å². The quantitative estimate of drug-likeness (QED) is 0.651. The summed E-state index contributed by atoms with van der Waals surface area (Å²) in [6.45, 7) is 13.5. The van der Waals surface area contributed by atoms with Crippen molar-refractivity contribution in [2.45, 2.75) is 57.8 Å². The molecule has 1 aromatic carbocycles. The molecule has 0 fully saturated rings. The van der Waals surface area contributed by atoms with Gasteiger partial charge in [-0.15, -0.1) is 0 Å². The van der Waals surface area contributed by atoms with E-state index in [-0.39, 0.29) is 0 Å². The van der Waals surface area contributed by atoms with Gasteiger partial charge in [-0.3, -0.25) is 0 Å². The van der Waals surface area contributed by atoms with Crippen molar-refractivity contribution in [3.63, 3.8) is 0 Å². The maximum atomic E-state index is 3.99. The predicted molar refractivity (Wildman–Crippen MR) is 70.8 cm³/mol. The summed E-state index contributed by atoms with van der Waals surface area (Å²) in [5, 5.41) is 0. The van der Waals surface area contributed by atoms with Crippen LogP contribution in [0.15, 0.2) is 18.2 Å². The van der Waals surface area contributed by atoms with Crippen LogP contribution in [0.4, 0.5) is 0 Å². The molecule has 0 saturated carbocycles. The molecule has 0 bridgehead atoms. The molecule has 0 saturated heterocycles. The highest BCUT2D eigenvalue weighted by molar-refractivity contribution is 5.43. The van der Waals surface area contributed by atoms with Crippen molar-refractivity contribution < 1.29 is 0 Å². The Morgan fingerprint density at radius 1 is 1.00 bits per heavy atom. The van der Waals surface area contributed by atoms with E-state index in [1.54, 1.807) is 11.1 Å². The van der Waals surface area contributed by atoms with Gasteiger partial charge in [-0.25, -0.2) is 0 Å². The predicted octanol–water partition coefficient (Wildman–Crippen LogP) is 4.41. The van der Waals surface area contributed by atoms with Crippen molar-refractivity contribution in [3.05, 3.63) is 41.8 Å². The molecule has 0 heterocycles. The van der Waals surface area contributed by atoms with Crippen LogP contribution in [0.2, 0.25) is 0 Å². The monoisotopic (exact) mass is 215 g/mol. The first-order valence-electron chi connectivity index (χ1n) is 6.30. The van der Waals surface area contributed by atoms with Gasteiger partial charge in [0.2, 0.25) is 0 Å². The van der Waals surface area contributed by atoms with Gasteiger partial charge in [0.05, 0.1) is 0 Å². The van der Waals surface area contributed by atoms with Crippen LogP contribution in [0, 0.1) is 6.92 Å². The van der Waals surface area contributed by atoms with Crippen molar-refractivity contribution >= 4 is 0 Å². The van der Waals surface area contributed by atoms with Crippen molar-refractivity contribution in [3.8, 4) is 0 Å². The van der Waals surface area contributed by atoms with Gasteiger partial charge in [0.15, 0.2) is 0 Å². The molecule has 1 aromatic rings.